The molecule has 0 rings (SSSR count). The zero-order valence-electron chi connectivity index (χ0n) is 29.3. The molecule has 0 aromatic carbocycles. The predicted molar refractivity (Wildman–Crippen MR) is 189 cm³/mol. The fraction of sp³-hybridized carbons (Fsp3) is 0.947. The highest BCUT2D eigenvalue weighted by atomic mass is 28.4. The molecular formula is C38H78O3Si. The van der Waals surface area contributed by atoms with Gasteiger partial charge in [-0.1, -0.05) is 201 Å². The van der Waals surface area contributed by atoms with Gasteiger partial charge in [0, 0.05) is 19.8 Å². The summed E-state index contributed by atoms with van der Waals surface area (Å²) in [4.78, 5) is 0. The third-order valence-electron chi connectivity index (χ3n) is 8.65. The highest BCUT2D eigenvalue weighted by Crippen LogP contribution is 2.18. The van der Waals surface area contributed by atoms with Gasteiger partial charge in [-0.25, -0.2) is 0 Å². The first-order valence-corrected chi connectivity index (χ1v) is 21.1. The third kappa shape index (κ3) is 29.9. The average molecular weight is 611 g/mol. The van der Waals surface area contributed by atoms with Crippen LogP contribution in [-0.4, -0.2) is 28.6 Å². The van der Waals surface area contributed by atoms with Crippen LogP contribution in [0.1, 0.15) is 213 Å². The van der Waals surface area contributed by atoms with Crippen molar-refractivity contribution in [2.45, 2.75) is 213 Å². The van der Waals surface area contributed by atoms with Gasteiger partial charge in [-0.3, -0.25) is 0 Å². The molecule has 0 aliphatic carbocycles. The Hall–Kier alpha value is -0.163. The highest BCUT2D eigenvalue weighted by Gasteiger charge is 2.37. The lowest BCUT2D eigenvalue weighted by Gasteiger charge is -2.27. The Balaban J connectivity index is 4.22. The summed E-state index contributed by atoms with van der Waals surface area (Å²) in [6.07, 6.45) is 40.1. The highest BCUT2D eigenvalue weighted by molar-refractivity contribution is 6.66. The molecule has 0 spiro atoms. The van der Waals surface area contributed by atoms with Crippen molar-refractivity contribution in [3.63, 3.8) is 0 Å². The SMILES string of the molecule is C=C[Si](OCCCCCCCCCCCC)(OCCCCCCCCCCCC)OCCCCCCCCCCCC. The van der Waals surface area contributed by atoms with E-state index in [1.165, 1.54) is 173 Å². The third-order valence-corrected chi connectivity index (χ3v) is 11.0. The molecule has 0 unspecified atom stereocenters. The van der Waals surface area contributed by atoms with Crippen LogP contribution in [0.15, 0.2) is 12.3 Å². The van der Waals surface area contributed by atoms with Crippen molar-refractivity contribution in [3.8, 4) is 0 Å². The summed E-state index contributed by atoms with van der Waals surface area (Å²) < 4.78 is 19.2. The van der Waals surface area contributed by atoms with Crippen LogP contribution in [-0.2, 0) is 13.3 Å². The minimum absolute atomic E-state index is 0.741. The van der Waals surface area contributed by atoms with Crippen LogP contribution >= 0.6 is 0 Å². The lowest BCUT2D eigenvalue weighted by molar-refractivity contribution is 0.0673. The Kier molecular flexibility index (Phi) is 35.2. The minimum Gasteiger partial charge on any atom is -0.370 e. The van der Waals surface area contributed by atoms with E-state index in [1.54, 1.807) is 0 Å². The van der Waals surface area contributed by atoms with E-state index in [2.05, 4.69) is 27.4 Å². The first-order valence-electron chi connectivity index (χ1n) is 19.3. The zero-order chi connectivity index (χ0) is 30.7. The van der Waals surface area contributed by atoms with Crippen LogP contribution < -0.4 is 0 Å². The van der Waals surface area contributed by atoms with E-state index < -0.39 is 8.80 Å². The Bertz CT molecular complexity index is 448. The van der Waals surface area contributed by atoms with Gasteiger partial charge in [0.25, 0.3) is 0 Å². The van der Waals surface area contributed by atoms with Crippen LogP contribution in [0.5, 0.6) is 0 Å². The van der Waals surface area contributed by atoms with Gasteiger partial charge in [-0.05, 0) is 25.0 Å². The minimum atomic E-state index is -2.79. The molecule has 0 amide bonds. The molecule has 0 saturated heterocycles. The van der Waals surface area contributed by atoms with Gasteiger partial charge >= 0.3 is 8.80 Å². The van der Waals surface area contributed by atoms with Gasteiger partial charge < -0.3 is 13.3 Å². The molecule has 0 aliphatic heterocycles. The quantitative estimate of drug-likeness (QED) is 0.0517. The second-order valence-electron chi connectivity index (χ2n) is 12.9. The van der Waals surface area contributed by atoms with E-state index in [9.17, 15) is 0 Å². The second-order valence-corrected chi connectivity index (χ2v) is 15.4. The predicted octanol–water partition coefficient (Wildman–Crippen LogP) is 13.5. The summed E-state index contributed by atoms with van der Waals surface area (Å²) in [5.41, 5.74) is 1.90. The summed E-state index contributed by atoms with van der Waals surface area (Å²) in [5.74, 6) is 0. The van der Waals surface area contributed by atoms with Crippen LogP contribution in [0.25, 0.3) is 0 Å². The first kappa shape index (κ1) is 41.8. The van der Waals surface area contributed by atoms with Crippen LogP contribution in [0.2, 0.25) is 0 Å². The maximum absolute atomic E-state index is 6.41. The zero-order valence-corrected chi connectivity index (χ0v) is 30.3. The fourth-order valence-electron chi connectivity index (χ4n) is 5.71. The number of hydrogen-bond acceptors (Lipinski definition) is 3. The molecule has 4 heteroatoms. The Labute approximate surface area is 267 Å². The van der Waals surface area contributed by atoms with Gasteiger partial charge in [-0.2, -0.15) is 0 Å². The van der Waals surface area contributed by atoms with Crippen LogP contribution in [0.4, 0.5) is 0 Å². The standard InChI is InChI=1S/C38H78O3Si/c1-5-9-12-15-18-21-24-27-30-33-36-39-42(8-4,40-37-34-31-28-25-22-19-16-13-10-6-2)41-38-35-32-29-26-23-20-17-14-11-7-3/h8H,4-7,9-38H2,1-3H3. The summed E-state index contributed by atoms with van der Waals surface area (Å²) in [6.45, 7) is 13.2. The van der Waals surface area contributed by atoms with Gasteiger partial charge in [0.15, 0.2) is 0 Å². The maximum Gasteiger partial charge on any atom is 0.529 e. The lowest BCUT2D eigenvalue weighted by atomic mass is 10.1. The monoisotopic (exact) mass is 611 g/mol. The van der Waals surface area contributed by atoms with Crippen molar-refractivity contribution >= 4 is 8.80 Å². The molecule has 0 saturated carbocycles. The van der Waals surface area contributed by atoms with Gasteiger partial charge in [0.05, 0.1) is 0 Å². The van der Waals surface area contributed by atoms with E-state index in [-0.39, 0.29) is 0 Å². The van der Waals surface area contributed by atoms with E-state index in [1.807, 2.05) is 5.70 Å². The molecule has 0 fully saturated rings. The van der Waals surface area contributed by atoms with Crippen molar-refractivity contribution < 1.29 is 13.3 Å². The molecule has 0 radical (unpaired) electrons. The van der Waals surface area contributed by atoms with Gasteiger partial charge in [0.2, 0.25) is 0 Å². The molecule has 0 aliphatic rings. The van der Waals surface area contributed by atoms with Crippen molar-refractivity contribution in [1.29, 1.82) is 0 Å². The Morgan fingerprint density at radius 1 is 0.333 bits per heavy atom. The normalized spacial score (nSPS) is 11.9. The largest absolute Gasteiger partial charge is 0.529 e. The number of unbranched alkanes of at least 4 members (excludes halogenated alkanes) is 27. The molecule has 0 heterocycles. The molecule has 0 aromatic heterocycles. The molecule has 0 aromatic rings. The van der Waals surface area contributed by atoms with E-state index in [0.717, 1.165) is 39.1 Å². The summed E-state index contributed by atoms with van der Waals surface area (Å²) in [7, 11) is -2.79. The van der Waals surface area contributed by atoms with Crippen LogP contribution in [0.3, 0.4) is 0 Å². The molecule has 0 bridgehead atoms. The lowest BCUT2D eigenvalue weighted by Crippen LogP contribution is -2.45. The summed E-state index contributed by atoms with van der Waals surface area (Å²) >= 11 is 0. The van der Waals surface area contributed by atoms with Gasteiger partial charge in [-0.15, -0.1) is 0 Å². The number of hydrogen-bond donors (Lipinski definition) is 0. The molecule has 0 N–H and O–H groups in total. The topological polar surface area (TPSA) is 27.7 Å². The van der Waals surface area contributed by atoms with E-state index >= 15 is 0 Å². The maximum atomic E-state index is 6.41. The molecular weight excluding hydrogens is 533 g/mol. The fourth-order valence-corrected chi connectivity index (χ4v) is 7.60. The van der Waals surface area contributed by atoms with Crippen molar-refractivity contribution in [3.05, 3.63) is 12.3 Å². The van der Waals surface area contributed by atoms with E-state index in [0.29, 0.717) is 0 Å². The smallest absolute Gasteiger partial charge is 0.370 e. The Morgan fingerprint density at radius 3 is 0.714 bits per heavy atom. The second kappa shape index (κ2) is 35.3. The summed E-state index contributed by atoms with van der Waals surface area (Å²) in [6, 6.07) is 0. The molecule has 0 atom stereocenters. The van der Waals surface area contributed by atoms with E-state index in [4.69, 9.17) is 13.3 Å². The van der Waals surface area contributed by atoms with Crippen molar-refractivity contribution in [2.75, 3.05) is 19.8 Å². The van der Waals surface area contributed by atoms with Crippen molar-refractivity contribution in [2.24, 2.45) is 0 Å². The first-order chi connectivity index (χ1) is 20.7. The average Bonchev–Trinajstić information content (AvgIpc) is 3.01. The summed E-state index contributed by atoms with van der Waals surface area (Å²) in [5, 5.41) is 0. The molecule has 3 nitrogen and oxygen atoms in total. The van der Waals surface area contributed by atoms with Crippen molar-refractivity contribution in [1.82, 2.24) is 0 Å². The van der Waals surface area contributed by atoms with Crippen LogP contribution in [0, 0.1) is 0 Å². The van der Waals surface area contributed by atoms with Gasteiger partial charge in [0.1, 0.15) is 0 Å². The molecule has 42 heavy (non-hydrogen) atoms. The molecule has 252 valence electrons. The Morgan fingerprint density at radius 2 is 0.524 bits per heavy atom. The number of rotatable bonds is 37.